The monoisotopic (exact) mass is 423 g/mol. The van der Waals surface area contributed by atoms with Crippen LogP contribution in [0.1, 0.15) is 144 Å². The standard InChI is InChI=1S/C27H57NSi/c1-6-9-12-15-16-17-18-19-20-21-24-28-29(27(4)5,25-22-13-10-7-2)26-23-14-11-8-3/h21,24,27-28H,6-20,22-23,25-26H2,1-5H3. The van der Waals surface area contributed by atoms with Crippen molar-refractivity contribution in [2.75, 3.05) is 0 Å². The van der Waals surface area contributed by atoms with Crippen LogP contribution in [0.4, 0.5) is 0 Å². The lowest BCUT2D eigenvalue weighted by atomic mass is 10.1. The van der Waals surface area contributed by atoms with Gasteiger partial charge in [-0.15, -0.1) is 0 Å². The fraction of sp³-hybridized carbons (Fsp3) is 0.926. The summed E-state index contributed by atoms with van der Waals surface area (Å²) in [4.78, 5) is 4.07. The van der Waals surface area contributed by atoms with E-state index in [1.165, 1.54) is 121 Å². The molecule has 0 spiro atoms. The molecule has 0 radical (unpaired) electrons. The van der Waals surface area contributed by atoms with Gasteiger partial charge in [0.05, 0.1) is 0 Å². The van der Waals surface area contributed by atoms with Crippen molar-refractivity contribution in [2.24, 2.45) is 0 Å². The zero-order chi connectivity index (χ0) is 21.6. The predicted molar refractivity (Wildman–Crippen MR) is 138 cm³/mol. The van der Waals surface area contributed by atoms with Crippen molar-refractivity contribution >= 4 is 8.24 Å². The first-order valence-corrected chi connectivity index (χ1v) is 16.0. The fourth-order valence-corrected chi connectivity index (χ4v) is 8.69. The highest BCUT2D eigenvalue weighted by Gasteiger charge is 2.34. The molecule has 1 N–H and O–H groups in total. The highest BCUT2D eigenvalue weighted by Crippen LogP contribution is 2.31. The van der Waals surface area contributed by atoms with Gasteiger partial charge in [-0.25, -0.2) is 0 Å². The lowest BCUT2D eigenvalue weighted by Gasteiger charge is -2.36. The van der Waals surface area contributed by atoms with Crippen molar-refractivity contribution in [3.8, 4) is 0 Å². The van der Waals surface area contributed by atoms with Crippen LogP contribution in [0.25, 0.3) is 0 Å². The van der Waals surface area contributed by atoms with Crippen molar-refractivity contribution in [3.63, 3.8) is 0 Å². The molecular weight excluding hydrogens is 366 g/mol. The number of nitrogens with one attached hydrogen (secondary N) is 1. The van der Waals surface area contributed by atoms with Crippen LogP contribution in [0, 0.1) is 0 Å². The van der Waals surface area contributed by atoms with E-state index in [2.05, 4.69) is 51.9 Å². The van der Waals surface area contributed by atoms with Gasteiger partial charge in [0.1, 0.15) is 0 Å². The Morgan fingerprint density at radius 3 is 1.45 bits per heavy atom. The minimum atomic E-state index is -1.40. The smallest absolute Gasteiger partial charge is 0.155 e. The quantitative estimate of drug-likeness (QED) is 0.135. The summed E-state index contributed by atoms with van der Waals surface area (Å²) < 4.78 is 0. The van der Waals surface area contributed by atoms with Crippen LogP contribution in [0.5, 0.6) is 0 Å². The maximum atomic E-state index is 4.07. The first kappa shape index (κ1) is 28.8. The summed E-state index contributed by atoms with van der Waals surface area (Å²) in [6, 6.07) is 2.94. The molecule has 0 saturated heterocycles. The second-order valence-electron chi connectivity index (χ2n) is 9.74. The second-order valence-corrected chi connectivity index (χ2v) is 14.5. The first-order chi connectivity index (χ1) is 14.1. The summed E-state index contributed by atoms with van der Waals surface area (Å²) in [7, 11) is -1.40. The van der Waals surface area contributed by atoms with Crippen LogP contribution in [-0.2, 0) is 0 Å². The van der Waals surface area contributed by atoms with Crippen LogP contribution in [0.2, 0.25) is 17.6 Å². The molecule has 2 heteroatoms. The maximum Gasteiger partial charge on any atom is 0.155 e. The lowest BCUT2D eigenvalue weighted by molar-refractivity contribution is 0.577. The third-order valence-corrected chi connectivity index (χ3v) is 12.2. The highest BCUT2D eigenvalue weighted by molar-refractivity contribution is 6.79. The van der Waals surface area contributed by atoms with Gasteiger partial charge in [-0.3, -0.25) is 0 Å². The van der Waals surface area contributed by atoms with E-state index in [0.29, 0.717) is 0 Å². The van der Waals surface area contributed by atoms with Crippen molar-refractivity contribution in [2.45, 2.75) is 161 Å². The van der Waals surface area contributed by atoms with E-state index in [1.807, 2.05) is 0 Å². The topological polar surface area (TPSA) is 12.0 Å². The van der Waals surface area contributed by atoms with E-state index in [0.717, 1.165) is 5.54 Å². The largest absolute Gasteiger partial charge is 0.416 e. The zero-order valence-electron chi connectivity index (χ0n) is 21.2. The number of unbranched alkanes of at least 4 members (excludes halogenated alkanes) is 14. The molecule has 0 aromatic carbocycles. The second kappa shape index (κ2) is 21.0. The molecule has 1 nitrogen and oxygen atoms in total. The van der Waals surface area contributed by atoms with E-state index in [-0.39, 0.29) is 0 Å². The van der Waals surface area contributed by atoms with E-state index >= 15 is 0 Å². The number of allylic oxidation sites excluding steroid dienone is 1. The fourth-order valence-electron chi connectivity index (χ4n) is 4.45. The van der Waals surface area contributed by atoms with Gasteiger partial charge in [-0.1, -0.05) is 137 Å². The van der Waals surface area contributed by atoms with Crippen molar-refractivity contribution in [3.05, 3.63) is 12.3 Å². The molecule has 0 aromatic rings. The third-order valence-electron chi connectivity index (χ3n) is 6.77. The molecule has 0 saturated carbocycles. The third kappa shape index (κ3) is 16.2. The average molecular weight is 424 g/mol. The molecule has 174 valence electrons. The molecule has 0 aliphatic carbocycles. The van der Waals surface area contributed by atoms with Gasteiger partial charge in [0.2, 0.25) is 0 Å². The lowest BCUT2D eigenvalue weighted by Crippen LogP contribution is -2.50. The number of hydrogen-bond donors (Lipinski definition) is 1. The minimum absolute atomic E-state index is 0.832. The molecule has 0 aliphatic rings. The van der Waals surface area contributed by atoms with E-state index < -0.39 is 8.24 Å². The zero-order valence-corrected chi connectivity index (χ0v) is 22.2. The molecule has 0 rings (SSSR count). The highest BCUT2D eigenvalue weighted by atomic mass is 28.3. The molecule has 0 atom stereocenters. The van der Waals surface area contributed by atoms with Gasteiger partial charge < -0.3 is 4.98 Å². The van der Waals surface area contributed by atoms with Crippen LogP contribution in [0.15, 0.2) is 12.3 Å². The van der Waals surface area contributed by atoms with E-state index in [4.69, 9.17) is 0 Å². The van der Waals surface area contributed by atoms with E-state index in [9.17, 15) is 0 Å². The Hall–Kier alpha value is -0.243. The van der Waals surface area contributed by atoms with Gasteiger partial charge in [0, 0.05) is 0 Å². The van der Waals surface area contributed by atoms with Gasteiger partial charge >= 0.3 is 0 Å². The summed E-state index contributed by atoms with van der Waals surface area (Å²) in [5, 5.41) is 0. The molecule has 0 fully saturated rings. The molecule has 29 heavy (non-hydrogen) atoms. The minimum Gasteiger partial charge on any atom is -0.416 e. The molecule has 0 unspecified atom stereocenters. The van der Waals surface area contributed by atoms with Gasteiger partial charge in [0.15, 0.2) is 8.24 Å². The Balaban J connectivity index is 4.32. The average Bonchev–Trinajstić information content (AvgIpc) is 2.71. The first-order valence-electron chi connectivity index (χ1n) is 13.6. The normalized spacial score (nSPS) is 12.3. The van der Waals surface area contributed by atoms with Crippen molar-refractivity contribution in [1.29, 1.82) is 0 Å². The van der Waals surface area contributed by atoms with Gasteiger partial charge in [-0.2, -0.15) is 0 Å². The van der Waals surface area contributed by atoms with E-state index in [1.54, 1.807) is 0 Å². The summed E-state index contributed by atoms with van der Waals surface area (Å²) in [6.07, 6.45) is 28.7. The Morgan fingerprint density at radius 1 is 0.586 bits per heavy atom. The maximum absolute atomic E-state index is 4.07. The van der Waals surface area contributed by atoms with Crippen molar-refractivity contribution in [1.82, 2.24) is 4.98 Å². The molecule has 0 amide bonds. The molecule has 0 bridgehead atoms. The van der Waals surface area contributed by atoms with Crippen LogP contribution >= 0.6 is 0 Å². The predicted octanol–water partition coefficient (Wildman–Crippen LogP) is 10.1. The Labute approximate surface area is 187 Å². The van der Waals surface area contributed by atoms with Crippen LogP contribution in [0.3, 0.4) is 0 Å². The van der Waals surface area contributed by atoms with Crippen LogP contribution < -0.4 is 4.98 Å². The molecule has 0 aliphatic heterocycles. The molecule has 0 heterocycles. The summed E-state index contributed by atoms with van der Waals surface area (Å²) in [5.41, 5.74) is 0.832. The number of hydrogen-bond acceptors (Lipinski definition) is 1. The Kier molecular flexibility index (Phi) is 20.8. The number of rotatable bonds is 22. The van der Waals surface area contributed by atoms with Gasteiger partial charge in [-0.05, 0) is 36.7 Å². The molecule has 0 aromatic heterocycles. The summed E-state index contributed by atoms with van der Waals surface area (Å²) in [5.74, 6) is 0. The SMILES string of the molecule is CCCCCCCCCCC=CN[Si](CCCCCC)(CCCCCC)C(C)C. The van der Waals surface area contributed by atoms with Crippen LogP contribution in [-0.4, -0.2) is 8.24 Å². The van der Waals surface area contributed by atoms with Crippen molar-refractivity contribution < 1.29 is 0 Å². The summed E-state index contributed by atoms with van der Waals surface area (Å²) >= 11 is 0. The molecular formula is C27H57NSi. The Bertz CT molecular complexity index is 338. The Morgan fingerprint density at radius 2 is 1.00 bits per heavy atom. The summed E-state index contributed by atoms with van der Waals surface area (Å²) in [6.45, 7) is 11.9. The van der Waals surface area contributed by atoms with Gasteiger partial charge in [0.25, 0.3) is 0 Å².